The lowest BCUT2D eigenvalue weighted by Crippen LogP contribution is -2.31. The van der Waals surface area contributed by atoms with E-state index in [0.29, 0.717) is 10.8 Å². The van der Waals surface area contributed by atoms with Crippen LogP contribution in [0.3, 0.4) is 0 Å². The number of carbonyl (C=O) groups is 2. The first-order valence-electron chi connectivity index (χ1n) is 8.06. The fraction of sp³-hybridized carbons (Fsp3) is 0.200. The average molecular weight is 373 g/mol. The van der Waals surface area contributed by atoms with Gasteiger partial charge in [-0.05, 0) is 54.8 Å². The van der Waals surface area contributed by atoms with Gasteiger partial charge in [0, 0.05) is 11.8 Å². The van der Waals surface area contributed by atoms with E-state index >= 15 is 0 Å². The summed E-state index contributed by atoms with van der Waals surface area (Å²) in [5.41, 5.74) is 3.59. The van der Waals surface area contributed by atoms with Gasteiger partial charge < -0.3 is 15.4 Å². The van der Waals surface area contributed by atoms with Crippen molar-refractivity contribution in [2.75, 3.05) is 19.0 Å². The van der Waals surface area contributed by atoms with Crippen LogP contribution < -0.4 is 15.4 Å². The van der Waals surface area contributed by atoms with Crippen LogP contribution in [-0.4, -0.2) is 25.5 Å². The van der Waals surface area contributed by atoms with Crippen LogP contribution in [0, 0.1) is 13.8 Å². The Morgan fingerprint density at radius 2 is 1.96 bits per heavy atom. The average Bonchev–Trinajstić information content (AvgIpc) is 2.62. The highest BCUT2D eigenvalue weighted by Crippen LogP contribution is 2.25. The summed E-state index contributed by atoms with van der Waals surface area (Å²) in [4.78, 5) is 23.9. The Bertz CT molecular complexity index is 847. The molecule has 0 unspecified atom stereocenters. The normalized spacial score (nSPS) is 10.6. The smallest absolute Gasteiger partial charge is 0.244 e. The van der Waals surface area contributed by atoms with Crippen molar-refractivity contribution in [2.24, 2.45) is 0 Å². The molecule has 0 heterocycles. The standard InChI is InChI=1S/C20H21ClN2O3/c1-13-5-4-6-17(14(13)2)23-20(25)12-22-19(24)10-8-15-7-9-18(26-3)16(21)11-15/h4-11H,12H2,1-3H3,(H,22,24)(H,23,25). The Morgan fingerprint density at radius 3 is 2.65 bits per heavy atom. The van der Waals surface area contributed by atoms with Crippen molar-refractivity contribution in [1.82, 2.24) is 5.32 Å². The minimum atomic E-state index is -0.368. The molecule has 2 aromatic carbocycles. The molecule has 0 saturated carbocycles. The molecule has 0 radical (unpaired) electrons. The van der Waals surface area contributed by atoms with E-state index in [-0.39, 0.29) is 18.4 Å². The third-order valence-corrected chi connectivity index (χ3v) is 4.20. The van der Waals surface area contributed by atoms with Gasteiger partial charge in [-0.15, -0.1) is 0 Å². The second kappa shape index (κ2) is 9.06. The van der Waals surface area contributed by atoms with E-state index in [4.69, 9.17) is 16.3 Å². The summed E-state index contributed by atoms with van der Waals surface area (Å²) in [6.45, 7) is 3.80. The van der Waals surface area contributed by atoms with Crippen LogP contribution in [0.15, 0.2) is 42.5 Å². The van der Waals surface area contributed by atoms with E-state index in [0.717, 1.165) is 22.4 Å². The second-order valence-corrected chi connectivity index (χ2v) is 6.15. The molecule has 0 aliphatic rings. The third-order valence-electron chi connectivity index (χ3n) is 3.90. The predicted molar refractivity (Wildman–Crippen MR) is 105 cm³/mol. The zero-order valence-corrected chi connectivity index (χ0v) is 15.7. The molecule has 6 heteroatoms. The SMILES string of the molecule is COc1ccc(C=CC(=O)NCC(=O)Nc2cccc(C)c2C)cc1Cl. The molecule has 5 nitrogen and oxygen atoms in total. The number of rotatable bonds is 6. The van der Waals surface area contributed by atoms with E-state index in [1.54, 1.807) is 24.3 Å². The molecule has 2 aromatic rings. The number of amides is 2. The molecule has 0 atom stereocenters. The van der Waals surface area contributed by atoms with Crippen molar-refractivity contribution >= 4 is 35.2 Å². The first-order chi connectivity index (χ1) is 12.4. The summed E-state index contributed by atoms with van der Waals surface area (Å²) in [5, 5.41) is 5.80. The fourth-order valence-corrected chi connectivity index (χ4v) is 2.53. The number of nitrogens with one attached hydrogen (secondary N) is 2. The molecule has 26 heavy (non-hydrogen) atoms. The van der Waals surface area contributed by atoms with Crippen molar-refractivity contribution < 1.29 is 14.3 Å². The zero-order chi connectivity index (χ0) is 19.1. The minimum absolute atomic E-state index is 0.111. The van der Waals surface area contributed by atoms with Gasteiger partial charge in [0.1, 0.15) is 5.75 Å². The lowest BCUT2D eigenvalue weighted by atomic mass is 10.1. The van der Waals surface area contributed by atoms with E-state index in [2.05, 4.69) is 10.6 Å². The Morgan fingerprint density at radius 1 is 1.19 bits per heavy atom. The molecule has 0 saturated heterocycles. The number of benzene rings is 2. The van der Waals surface area contributed by atoms with Crippen molar-refractivity contribution in [2.45, 2.75) is 13.8 Å². The molecule has 0 aliphatic carbocycles. The number of anilines is 1. The maximum Gasteiger partial charge on any atom is 0.244 e. The largest absolute Gasteiger partial charge is 0.495 e. The van der Waals surface area contributed by atoms with Crippen LogP contribution in [0.5, 0.6) is 5.75 Å². The number of hydrogen-bond acceptors (Lipinski definition) is 3. The summed E-state index contributed by atoms with van der Waals surface area (Å²) >= 11 is 6.04. The topological polar surface area (TPSA) is 67.4 Å². The van der Waals surface area contributed by atoms with Gasteiger partial charge >= 0.3 is 0 Å². The van der Waals surface area contributed by atoms with Gasteiger partial charge in [-0.2, -0.15) is 0 Å². The van der Waals surface area contributed by atoms with Crippen LogP contribution in [-0.2, 0) is 9.59 Å². The van der Waals surface area contributed by atoms with Gasteiger partial charge in [0.25, 0.3) is 0 Å². The first kappa shape index (κ1) is 19.5. The monoisotopic (exact) mass is 372 g/mol. The van der Waals surface area contributed by atoms with Crippen molar-refractivity contribution in [1.29, 1.82) is 0 Å². The molecule has 0 fully saturated rings. The van der Waals surface area contributed by atoms with Gasteiger partial charge in [-0.1, -0.05) is 29.8 Å². The number of aryl methyl sites for hydroxylation is 1. The van der Waals surface area contributed by atoms with Crippen molar-refractivity contribution in [3.63, 3.8) is 0 Å². The van der Waals surface area contributed by atoms with Crippen LogP contribution in [0.1, 0.15) is 16.7 Å². The van der Waals surface area contributed by atoms with Gasteiger partial charge in [0.2, 0.25) is 11.8 Å². The Hall–Kier alpha value is -2.79. The van der Waals surface area contributed by atoms with Gasteiger partial charge in [-0.3, -0.25) is 9.59 Å². The maximum absolute atomic E-state index is 12.0. The first-order valence-corrected chi connectivity index (χ1v) is 8.44. The summed E-state index contributed by atoms with van der Waals surface area (Å²) in [5.74, 6) is -0.0858. The molecule has 0 spiro atoms. The van der Waals surface area contributed by atoms with Gasteiger partial charge in [0.15, 0.2) is 0 Å². The predicted octanol–water partition coefficient (Wildman–Crippen LogP) is 3.73. The molecule has 136 valence electrons. The number of carbonyl (C=O) groups excluding carboxylic acids is 2. The molecule has 2 amide bonds. The summed E-state index contributed by atoms with van der Waals surface area (Å²) in [6.07, 6.45) is 2.96. The molecular weight excluding hydrogens is 352 g/mol. The fourth-order valence-electron chi connectivity index (χ4n) is 2.27. The van der Waals surface area contributed by atoms with Crippen LogP contribution in [0.2, 0.25) is 5.02 Å². The summed E-state index contributed by atoms with van der Waals surface area (Å²) < 4.78 is 5.08. The molecular formula is C20H21ClN2O3. The Labute approximate surface area is 158 Å². The molecule has 0 bridgehead atoms. The number of hydrogen-bond donors (Lipinski definition) is 2. The lowest BCUT2D eigenvalue weighted by Gasteiger charge is -2.10. The summed E-state index contributed by atoms with van der Waals surface area (Å²) in [7, 11) is 1.54. The highest BCUT2D eigenvalue weighted by Gasteiger charge is 2.07. The van der Waals surface area contributed by atoms with Crippen molar-refractivity contribution in [3.8, 4) is 5.75 Å². The lowest BCUT2D eigenvalue weighted by molar-refractivity contribution is -0.121. The van der Waals surface area contributed by atoms with E-state index < -0.39 is 0 Å². The second-order valence-electron chi connectivity index (χ2n) is 5.74. The number of halogens is 1. The van der Waals surface area contributed by atoms with Gasteiger partial charge in [0.05, 0.1) is 18.7 Å². The maximum atomic E-state index is 12.0. The molecule has 0 aliphatic heterocycles. The van der Waals surface area contributed by atoms with Crippen LogP contribution >= 0.6 is 11.6 Å². The van der Waals surface area contributed by atoms with E-state index in [1.165, 1.54) is 13.2 Å². The number of ether oxygens (including phenoxy) is 1. The Balaban J connectivity index is 1.87. The van der Waals surface area contributed by atoms with E-state index in [9.17, 15) is 9.59 Å². The third kappa shape index (κ3) is 5.36. The minimum Gasteiger partial charge on any atom is -0.495 e. The molecule has 2 rings (SSSR count). The molecule has 2 N–H and O–H groups in total. The zero-order valence-electron chi connectivity index (χ0n) is 14.9. The van der Waals surface area contributed by atoms with Crippen LogP contribution in [0.4, 0.5) is 5.69 Å². The summed E-state index contributed by atoms with van der Waals surface area (Å²) in [6, 6.07) is 10.9. The Kier molecular flexibility index (Phi) is 6.81. The van der Waals surface area contributed by atoms with Crippen molar-refractivity contribution in [3.05, 3.63) is 64.2 Å². The highest BCUT2D eigenvalue weighted by molar-refractivity contribution is 6.32. The quantitative estimate of drug-likeness (QED) is 0.759. The van der Waals surface area contributed by atoms with E-state index in [1.807, 2.05) is 32.0 Å². The molecule has 0 aromatic heterocycles. The number of methoxy groups -OCH3 is 1. The highest BCUT2D eigenvalue weighted by atomic mass is 35.5. The van der Waals surface area contributed by atoms with Gasteiger partial charge in [-0.25, -0.2) is 0 Å². The van der Waals surface area contributed by atoms with Crippen LogP contribution in [0.25, 0.3) is 6.08 Å².